The van der Waals surface area contributed by atoms with E-state index >= 15 is 0 Å². The van der Waals surface area contributed by atoms with Crippen LogP contribution in [0.2, 0.25) is 0 Å². The van der Waals surface area contributed by atoms with Crippen LogP contribution in [-0.2, 0) is 10.0 Å². The third-order valence-corrected chi connectivity index (χ3v) is 6.64. The lowest BCUT2D eigenvalue weighted by Crippen LogP contribution is -2.38. The van der Waals surface area contributed by atoms with Crippen LogP contribution < -0.4 is 5.73 Å². The Morgan fingerprint density at radius 2 is 2.05 bits per heavy atom. The van der Waals surface area contributed by atoms with Crippen molar-refractivity contribution in [3.63, 3.8) is 0 Å². The highest BCUT2D eigenvalue weighted by molar-refractivity contribution is 9.10. The summed E-state index contributed by atoms with van der Waals surface area (Å²) in [6.45, 7) is 7.23. The van der Waals surface area contributed by atoms with Crippen LogP contribution in [0.15, 0.2) is 27.6 Å². The molecule has 1 saturated heterocycles. The van der Waals surface area contributed by atoms with Gasteiger partial charge < -0.3 is 5.73 Å². The van der Waals surface area contributed by atoms with E-state index in [2.05, 4.69) is 34.7 Å². The first-order chi connectivity index (χ1) is 9.90. The molecular formula is C14H22BrN3O2S. The summed E-state index contributed by atoms with van der Waals surface area (Å²) in [5.41, 5.74) is 6.24. The van der Waals surface area contributed by atoms with E-state index in [0.29, 0.717) is 29.3 Å². The van der Waals surface area contributed by atoms with Gasteiger partial charge in [-0.05, 0) is 53.6 Å². The molecule has 1 unspecified atom stereocenters. The number of hydrogen-bond donors (Lipinski definition) is 1. The van der Waals surface area contributed by atoms with Gasteiger partial charge in [-0.25, -0.2) is 8.42 Å². The van der Waals surface area contributed by atoms with Crippen LogP contribution in [0.4, 0.5) is 5.69 Å². The Labute approximate surface area is 135 Å². The van der Waals surface area contributed by atoms with Gasteiger partial charge in [-0.1, -0.05) is 13.8 Å². The van der Waals surface area contributed by atoms with Gasteiger partial charge in [-0.2, -0.15) is 4.31 Å². The predicted molar refractivity (Wildman–Crippen MR) is 88.6 cm³/mol. The minimum atomic E-state index is -3.46. The van der Waals surface area contributed by atoms with Crippen molar-refractivity contribution in [1.29, 1.82) is 0 Å². The summed E-state index contributed by atoms with van der Waals surface area (Å²) in [4.78, 5) is 2.58. The molecule has 1 aromatic rings. The molecule has 0 amide bonds. The van der Waals surface area contributed by atoms with Crippen LogP contribution in [0.1, 0.15) is 20.3 Å². The lowest BCUT2D eigenvalue weighted by atomic mass is 10.2. The second kappa shape index (κ2) is 6.64. The Morgan fingerprint density at radius 1 is 1.38 bits per heavy atom. The van der Waals surface area contributed by atoms with Crippen LogP contribution in [0.5, 0.6) is 0 Å². The number of benzene rings is 1. The minimum absolute atomic E-state index is 0.267. The number of sulfonamides is 1. The first-order valence-electron chi connectivity index (χ1n) is 7.19. The molecule has 1 fully saturated rings. The highest BCUT2D eigenvalue weighted by atomic mass is 79.9. The molecular weight excluding hydrogens is 354 g/mol. The molecule has 0 aliphatic carbocycles. The van der Waals surface area contributed by atoms with Crippen LogP contribution in [0.3, 0.4) is 0 Å². The summed E-state index contributed by atoms with van der Waals surface area (Å²) < 4.78 is 27.6. The first kappa shape index (κ1) is 16.7. The maximum absolute atomic E-state index is 12.7. The zero-order valence-corrected chi connectivity index (χ0v) is 14.8. The fourth-order valence-corrected chi connectivity index (χ4v) is 4.57. The van der Waals surface area contributed by atoms with Crippen molar-refractivity contribution in [1.82, 2.24) is 9.21 Å². The molecule has 2 rings (SSSR count). The van der Waals surface area contributed by atoms with Crippen molar-refractivity contribution in [2.45, 2.75) is 31.2 Å². The van der Waals surface area contributed by atoms with E-state index in [1.54, 1.807) is 16.4 Å². The first-order valence-corrected chi connectivity index (χ1v) is 9.42. The van der Waals surface area contributed by atoms with Crippen molar-refractivity contribution in [2.75, 3.05) is 31.9 Å². The van der Waals surface area contributed by atoms with Crippen molar-refractivity contribution < 1.29 is 8.42 Å². The number of likely N-dealkylation sites (N-methyl/N-ethyl adjacent to an activating group) is 1. The molecule has 1 aliphatic heterocycles. The van der Waals surface area contributed by atoms with Gasteiger partial charge in [-0.15, -0.1) is 0 Å². The van der Waals surface area contributed by atoms with E-state index < -0.39 is 10.0 Å². The Kier molecular flexibility index (Phi) is 5.29. The average Bonchev–Trinajstić information content (AvgIpc) is 2.93. The molecule has 0 radical (unpaired) electrons. The smallest absolute Gasteiger partial charge is 0.243 e. The monoisotopic (exact) mass is 375 g/mol. The molecule has 1 aromatic carbocycles. The molecule has 1 aliphatic rings. The number of nitrogen functional groups attached to an aromatic ring is 1. The number of hydrogen-bond acceptors (Lipinski definition) is 4. The van der Waals surface area contributed by atoms with Gasteiger partial charge in [0.2, 0.25) is 10.0 Å². The molecule has 2 N–H and O–H groups in total. The average molecular weight is 376 g/mol. The lowest BCUT2D eigenvalue weighted by Gasteiger charge is -2.26. The van der Waals surface area contributed by atoms with Gasteiger partial charge in [0.05, 0.1) is 4.90 Å². The molecule has 0 aromatic heterocycles. The second-order valence-corrected chi connectivity index (χ2v) is 8.00. The molecule has 5 nitrogen and oxygen atoms in total. The van der Waals surface area contributed by atoms with Crippen molar-refractivity contribution in [3.05, 3.63) is 22.7 Å². The summed E-state index contributed by atoms with van der Waals surface area (Å²) in [6, 6.07) is 5.10. The normalized spacial score (nSPS) is 20.3. The maximum atomic E-state index is 12.7. The summed E-state index contributed by atoms with van der Waals surface area (Å²) in [5, 5.41) is 0. The van der Waals surface area contributed by atoms with Crippen molar-refractivity contribution in [3.8, 4) is 0 Å². The summed E-state index contributed by atoms with van der Waals surface area (Å²) in [6.07, 6.45) is 0.882. The third-order valence-electron chi connectivity index (χ3n) is 4.06. The largest absolute Gasteiger partial charge is 0.398 e. The Balaban J connectivity index is 2.19. The van der Waals surface area contributed by atoms with Gasteiger partial charge in [0, 0.05) is 29.3 Å². The van der Waals surface area contributed by atoms with Crippen LogP contribution in [-0.4, -0.2) is 49.8 Å². The molecule has 1 heterocycles. The molecule has 0 saturated carbocycles. The Hall–Kier alpha value is -0.630. The molecule has 118 valence electrons. The zero-order chi connectivity index (χ0) is 15.6. The van der Waals surface area contributed by atoms with E-state index in [-0.39, 0.29) is 4.90 Å². The second-order valence-electron chi connectivity index (χ2n) is 5.21. The number of nitrogens with zero attached hydrogens (tertiary/aromatic N) is 2. The molecule has 1 atom stereocenters. The third kappa shape index (κ3) is 3.41. The summed E-state index contributed by atoms with van der Waals surface area (Å²) >= 11 is 3.29. The van der Waals surface area contributed by atoms with Gasteiger partial charge >= 0.3 is 0 Å². The van der Waals surface area contributed by atoms with Gasteiger partial charge in [0.25, 0.3) is 0 Å². The molecule has 0 spiro atoms. The number of rotatable bonds is 5. The number of halogens is 1. The zero-order valence-electron chi connectivity index (χ0n) is 12.4. The fourth-order valence-electron chi connectivity index (χ4n) is 2.80. The Bertz CT molecular complexity index is 602. The standard InChI is InChI=1S/C14H22BrN3O2S/c1-3-17(4-2)11-7-8-18(10-11)21(19,20)12-5-6-13(15)14(16)9-12/h5-6,9,11H,3-4,7-8,10,16H2,1-2H3. The van der Waals surface area contributed by atoms with Crippen LogP contribution >= 0.6 is 15.9 Å². The molecule has 7 heteroatoms. The van der Waals surface area contributed by atoms with Gasteiger partial charge in [-0.3, -0.25) is 4.90 Å². The lowest BCUT2D eigenvalue weighted by molar-refractivity contribution is 0.224. The van der Waals surface area contributed by atoms with Gasteiger partial charge in [0.15, 0.2) is 0 Å². The van der Waals surface area contributed by atoms with Crippen LogP contribution in [0, 0.1) is 0 Å². The van der Waals surface area contributed by atoms with E-state index in [1.165, 1.54) is 6.07 Å². The predicted octanol–water partition coefficient (Wildman–Crippen LogP) is 2.14. The quantitative estimate of drug-likeness (QED) is 0.800. The SMILES string of the molecule is CCN(CC)C1CCN(S(=O)(=O)c2ccc(Br)c(N)c2)C1. The Morgan fingerprint density at radius 3 is 2.62 bits per heavy atom. The van der Waals surface area contributed by atoms with Gasteiger partial charge in [0.1, 0.15) is 0 Å². The van der Waals surface area contributed by atoms with Crippen molar-refractivity contribution >= 4 is 31.6 Å². The topological polar surface area (TPSA) is 66.6 Å². The van der Waals surface area contributed by atoms with Crippen LogP contribution in [0.25, 0.3) is 0 Å². The molecule has 0 bridgehead atoms. The summed E-state index contributed by atoms with van der Waals surface area (Å²) in [7, 11) is -3.46. The highest BCUT2D eigenvalue weighted by Crippen LogP contribution is 2.27. The minimum Gasteiger partial charge on any atom is -0.398 e. The highest BCUT2D eigenvalue weighted by Gasteiger charge is 2.34. The van der Waals surface area contributed by atoms with Crippen molar-refractivity contribution in [2.24, 2.45) is 0 Å². The van der Waals surface area contributed by atoms with E-state index in [0.717, 1.165) is 19.5 Å². The van der Waals surface area contributed by atoms with E-state index in [4.69, 9.17) is 5.73 Å². The number of nitrogens with two attached hydrogens (primary N) is 1. The number of anilines is 1. The van der Waals surface area contributed by atoms with E-state index in [1.807, 2.05) is 0 Å². The summed E-state index contributed by atoms with van der Waals surface area (Å²) in [5.74, 6) is 0. The maximum Gasteiger partial charge on any atom is 0.243 e. The fraction of sp³-hybridized carbons (Fsp3) is 0.571. The van der Waals surface area contributed by atoms with E-state index in [9.17, 15) is 8.42 Å². The molecule has 21 heavy (non-hydrogen) atoms.